The van der Waals surface area contributed by atoms with E-state index < -0.39 is 13.0 Å². The molecule has 0 aromatic carbocycles. The van der Waals surface area contributed by atoms with E-state index in [1.807, 2.05) is 6.92 Å². The molecule has 0 atom stereocenters. The molecule has 0 radical (unpaired) electrons. The molecule has 0 unspecified atom stereocenters. The van der Waals surface area contributed by atoms with Gasteiger partial charge in [-0.25, -0.2) is 9.67 Å². The minimum atomic E-state index is -4.58. The van der Waals surface area contributed by atoms with E-state index in [4.69, 9.17) is 0 Å². The van der Waals surface area contributed by atoms with Crippen LogP contribution in [0.3, 0.4) is 0 Å². The topological polar surface area (TPSA) is 39.9 Å². The molecule has 0 amide bonds. The average Bonchev–Trinajstić information content (AvgIpc) is 2.49. The predicted octanol–water partition coefficient (Wildman–Crippen LogP) is 1.38. The fourth-order valence-corrected chi connectivity index (χ4v) is 0.997. The van der Waals surface area contributed by atoms with Crippen LogP contribution >= 0.6 is 0 Å². The minimum absolute atomic E-state index is 0.0582. The Balaban J connectivity index is 2.38. The molecular weight excluding hydrogens is 199 g/mol. The summed E-state index contributed by atoms with van der Waals surface area (Å²) in [5.74, 6) is 0.649. The number of ether oxygens (including phenoxy) is 1. The Bertz CT molecular complexity index is 284. The summed E-state index contributed by atoms with van der Waals surface area (Å²) in [6.07, 6.45) is -2.63. The van der Waals surface area contributed by atoms with Gasteiger partial charge in [0.15, 0.2) is 0 Å². The van der Waals surface area contributed by atoms with Gasteiger partial charge in [-0.05, 0) is 0 Å². The number of aryl methyl sites for hydroxylation is 1. The largest absolute Gasteiger partial charge is 0.522 e. The van der Waals surface area contributed by atoms with Crippen molar-refractivity contribution in [2.24, 2.45) is 0 Å². The molecule has 0 aliphatic carbocycles. The van der Waals surface area contributed by atoms with Crippen LogP contribution in [0.25, 0.3) is 0 Å². The first-order valence-corrected chi connectivity index (χ1v) is 4.10. The van der Waals surface area contributed by atoms with E-state index >= 15 is 0 Å². The lowest BCUT2D eigenvalue weighted by Gasteiger charge is -2.07. The van der Waals surface area contributed by atoms with E-state index in [9.17, 15) is 13.2 Å². The van der Waals surface area contributed by atoms with Crippen molar-refractivity contribution in [1.29, 1.82) is 0 Å². The number of hydrogen-bond donors (Lipinski definition) is 0. The van der Waals surface area contributed by atoms with Gasteiger partial charge in [-0.2, -0.15) is 5.10 Å². The maximum absolute atomic E-state index is 11.6. The second-order valence-electron chi connectivity index (χ2n) is 2.55. The predicted molar refractivity (Wildman–Crippen MR) is 41.4 cm³/mol. The van der Waals surface area contributed by atoms with Gasteiger partial charge < -0.3 is 0 Å². The lowest BCUT2D eigenvalue weighted by Crippen LogP contribution is -2.18. The molecule has 1 aromatic rings. The van der Waals surface area contributed by atoms with E-state index in [2.05, 4.69) is 14.8 Å². The zero-order valence-corrected chi connectivity index (χ0v) is 7.58. The van der Waals surface area contributed by atoms with Gasteiger partial charge in [-0.15, -0.1) is 13.2 Å². The quantitative estimate of drug-likeness (QED) is 0.752. The second kappa shape index (κ2) is 4.41. The van der Waals surface area contributed by atoms with Crippen LogP contribution in [-0.2, 0) is 17.7 Å². The summed E-state index contributed by atoms with van der Waals surface area (Å²) >= 11 is 0. The third-order valence-corrected chi connectivity index (χ3v) is 1.58. The molecule has 0 saturated heterocycles. The molecule has 4 nitrogen and oxygen atoms in total. The number of hydrogen-bond acceptors (Lipinski definition) is 3. The van der Waals surface area contributed by atoms with Crippen molar-refractivity contribution < 1.29 is 17.9 Å². The fraction of sp³-hybridized carbons (Fsp3) is 0.714. The second-order valence-corrected chi connectivity index (χ2v) is 2.55. The molecule has 7 heteroatoms. The average molecular weight is 209 g/mol. The molecule has 1 aromatic heterocycles. The van der Waals surface area contributed by atoms with Crippen LogP contribution in [0.5, 0.6) is 0 Å². The van der Waals surface area contributed by atoms with Crippen LogP contribution in [0.4, 0.5) is 13.2 Å². The van der Waals surface area contributed by atoms with Crippen LogP contribution in [0, 0.1) is 0 Å². The van der Waals surface area contributed by atoms with Crippen molar-refractivity contribution in [2.45, 2.75) is 26.3 Å². The van der Waals surface area contributed by atoms with E-state index in [0.29, 0.717) is 12.2 Å². The molecule has 14 heavy (non-hydrogen) atoms. The lowest BCUT2D eigenvalue weighted by atomic mass is 10.4. The Hall–Kier alpha value is -1.11. The van der Waals surface area contributed by atoms with Crippen LogP contribution in [0.2, 0.25) is 0 Å². The van der Waals surface area contributed by atoms with Crippen molar-refractivity contribution in [3.8, 4) is 0 Å². The van der Waals surface area contributed by atoms with Crippen molar-refractivity contribution in [2.75, 3.05) is 6.61 Å². The van der Waals surface area contributed by atoms with E-state index in [1.165, 1.54) is 11.0 Å². The van der Waals surface area contributed by atoms with E-state index in [1.54, 1.807) is 0 Å². The van der Waals surface area contributed by atoms with Crippen LogP contribution < -0.4 is 0 Å². The smallest absolute Gasteiger partial charge is 0.290 e. The fourth-order valence-electron chi connectivity index (χ4n) is 0.997. The van der Waals surface area contributed by atoms with Gasteiger partial charge in [0.25, 0.3) is 0 Å². The van der Waals surface area contributed by atoms with Gasteiger partial charge in [-0.1, -0.05) is 6.92 Å². The highest BCUT2D eigenvalue weighted by atomic mass is 19.4. The summed E-state index contributed by atoms with van der Waals surface area (Å²) in [5, 5.41) is 3.76. The van der Waals surface area contributed by atoms with Gasteiger partial charge in [-0.3, -0.25) is 4.74 Å². The molecule has 0 aliphatic rings. The molecule has 0 saturated carbocycles. The Kier molecular flexibility index (Phi) is 3.45. The molecule has 0 bridgehead atoms. The zero-order valence-electron chi connectivity index (χ0n) is 7.58. The highest BCUT2D eigenvalue weighted by Crippen LogP contribution is 2.15. The normalized spacial score (nSPS) is 12.0. The first kappa shape index (κ1) is 11.0. The Morgan fingerprint density at radius 3 is 2.79 bits per heavy atom. The van der Waals surface area contributed by atoms with Gasteiger partial charge >= 0.3 is 6.36 Å². The summed E-state index contributed by atoms with van der Waals surface area (Å²) in [5.41, 5.74) is 0. The first-order valence-electron chi connectivity index (χ1n) is 4.10. The van der Waals surface area contributed by atoms with Crippen molar-refractivity contribution in [3.63, 3.8) is 0 Å². The SMILES string of the molecule is CCc1ncnn1CCOC(F)(F)F. The van der Waals surface area contributed by atoms with Crippen LogP contribution in [-0.4, -0.2) is 27.7 Å². The van der Waals surface area contributed by atoms with Crippen molar-refractivity contribution in [3.05, 3.63) is 12.2 Å². The molecule has 1 rings (SSSR count). The molecule has 0 spiro atoms. The highest BCUT2D eigenvalue weighted by molar-refractivity contribution is 4.82. The third kappa shape index (κ3) is 3.33. The minimum Gasteiger partial charge on any atom is -0.290 e. The molecule has 0 N–H and O–H groups in total. The zero-order chi connectivity index (χ0) is 10.6. The standard InChI is InChI=1S/C7H10F3N3O/c1-2-6-11-5-12-13(6)3-4-14-7(8,9)10/h5H,2-4H2,1H3. The molecule has 80 valence electrons. The van der Waals surface area contributed by atoms with Gasteiger partial charge in [0.2, 0.25) is 0 Å². The third-order valence-electron chi connectivity index (χ3n) is 1.58. The molecule has 0 fully saturated rings. The molecular formula is C7H10F3N3O. The number of halogens is 3. The van der Waals surface area contributed by atoms with Crippen molar-refractivity contribution >= 4 is 0 Å². The Morgan fingerprint density at radius 2 is 2.21 bits per heavy atom. The number of alkyl halides is 3. The highest BCUT2D eigenvalue weighted by Gasteiger charge is 2.28. The number of nitrogens with zero attached hydrogens (tertiary/aromatic N) is 3. The number of aromatic nitrogens is 3. The first-order chi connectivity index (χ1) is 6.53. The van der Waals surface area contributed by atoms with Crippen LogP contribution in [0.1, 0.15) is 12.7 Å². The Morgan fingerprint density at radius 1 is 1.50 bits per heavy atom. The van der Waals surface area contributed by atoms with E-state index in [0.717, 1.165) is 0 Å². The summed E-state index contributed by atoms with van der Waals surface area (Å²) in [6.45, 7) is 1.47. The van der Waals surface area contributed by atoms with Gasteiger partial charge in [0.05, 0.1) is 13.2 Å². The maximum Gasteiger partial charge on any atom is 0.522 e. The van der Waals surface area contributed by atoms with Crippen molar-refractivity contribution in [1.82, 2.24) is 14.8 Å². The maximum atomic E-state index is 11.6. The molecule has 1 heterocycles. The number of rotatable bonds is 4. The summed E-state index contributed by atoms with van der Waals surface area (Å²) in [7, 11) is 0. The lowest BCUT2D eigenvalue weighted by molar-refractivity contribution is -0.325. The van der Waals surface area contributed by atoms with E-state index in [-0.39, 0.29) is 6.54 Å². The van der Waals surface area contributed by atoms with Gasteiger partial charge in [0, 0.05) is 6.42 Å². The Labute approximate surface area is 78.7 Å². The molecule has 0 aliphatic heterocycles. The summed E-state index contributed by atoms with van der Waals surface area (Å²) in [4.78, 5) is 3.86. The van der Waals surface area contributed by atoms with Gasteiger partial charge in [0.1, 0.15) is 12.2 Å². The summed E-state index contributed by atoms with van der Waals surface area (Å²) in [6, 6.07) is 0. The monoisotopic (exact) mass is 209 g/mol. The summed E-state index contributed by atoms with van der Waals surface area (Å²) < 4.78 is 39.8. The van der Waals surface area contributed by atoms with Crippen LogP contribution in [0.15, 0.2) is 6.33 Å².